The van der Waals surface area contributed by atoms with Gasteiger partial charge in [-0.1, -0.05) is 0 Å². The predicted molar refractivity (Wildman–Crippen MR) is 104 cm³/mol. The first kappa shape index (κ1) is 21.9. The fraction of sp³-hybridized carbons (Fsp3) is 0.611. The maximum Gasteiger partial charge on any atom is 0.244 e. The number of sulfone groups is 1. The number of hydrogen-bond acceptors (Lipinski definition) is 5. The van der Waals surface area contributed by atoms with Crippen molar-refractivity contribution < 1.29 is 22.3 Å². The van der Waals surface area contributed by atoms with Crippen LogP contribution in [0.2, 0.25) is 0 Å². The van der Waals surface area contributed by atoms with E-state index in [9.17, 15) is 17.6 Å². The molecule has 1 aromatic carbocycles. The van der Waals surface area contributed by atoms with Crippen molar-refractivity contribution in [3.63, 3.8) is 0 Å². The van der Waals surface area contributed by atoms with Crippen molar-refractivity contribution in [3.8, 4) is 5.75 Å². The van der Waals surface area contributed by atoms with E-state index in [1.165, 1.54) is 18.4 Å². The van der Waals surface area contributed by atoms with E-state index in [1.807, 2.05) is 0 Å². The highest BCUT2D eigenvalue weighted by Gasteiger charge is 2.50. The molecule has 152 valence electrons. The van der Waals surface area contributed by atoms with Crippen LogP contribution in [0.4, 0.5) is 4.39 Å². The molecule has 2 saturated heterocycles. The third-order valence-corrected chi connectivity index (χ3v) is 7.36. The van der Waals surface area contributed by atoms with Crippen LogP contribution in [0.25, 0.3) is 0 Å². The van der Waals surface area contributed by atoms with Gasteiger partial charge in [0.25, 0.3) is 0 Å². The van der Waals surface area contributed by atoms with Gasteiger partial charge in [0, 0.05) is 32.2 Å². The molecule has 6 nitrogen and oxygen atoms in total. The Hall–Kier alpha value is -1.38. The van der Waals surface area contributed by atoms with Crippen molar-refractivity contribution in [2.45, 2.75) is 36.5 Å². The summed E-state index contributed by atoms with van der Waals surface area (Å²) >= 11 is 0. The lowest BCUT2D eigenvalue weighted by Crippen LogP contribution is -2.59. The van der Waals surface area contributed by atoms with Crippen LogP contribution in [0.1, 0.15) is 25.7 Å². The Morgan fingerprint density at radius 2 is 1.74 bits per heavy atom. The van der Waals surface area contributed by atoms with E-state index in [0.29, 0.717) is 57.6 Å². The van der Waals surface area contributed by atoms with Crippen LogP contribution in [0.5, 0.6) is 5.75 Å². The summed E-state index contributed by atoms with van der Waals surface area (Å²) in [7, 11) is -3.50. The van der Waals surface area contributed by atoms with E-state index in [1.54, 1.807) is 17.0 Å². The van der Waals surface area contributed by atoms with Crippen molar-refractivity contribution in [3.05, 3.63) is 30.1 Å². The zero-order valence-corrected chi connectivity index (χ0v) is 17.0. The van der Waals surface area contributed by atoms with Gasteiger partial charge in [-0.15, -0.1) is 12.4 Å². The van der Waals surface area contributed by atoms with Crippen LogP contribution in [-0.4, -0.2) is 62.5 Å². The predicted octanol–water partition coefficient (Wildman–Crippen LogP) is 1.78. The first-order valence-electron chi connectivity index (χ1n) is 8.94. The Labute approximate surface area is 165 Å². The van der Waals surface area contributed by atoms with Crippen LogP contribution in [0.15, 0.2) is 24.3 Å². The number of piperidine rings is 2. The van der Waals surface area contributed by atoms with Gasteiger partial charge >= 0.3 is 0 Å². The molecule has 2 aliphatic heterocycles. The molecule has 2 heterocycles. The summed E-state index contributed by atoms with van der Waals surface area (Å²) in [5.41, 5.74) is 0. The van der Waals surface area contributed by atoms with Gasteiger partial charge < -0.3 is 15.0 Å². The monoisotopic (exact) mass is 420 g/mol. The lowest BCUT2D eigenvalue weighted by atomic mass is 9.94. The number of nitrogens with one attached hydrogen (secondary N) is 1. The molecule has 0 unspecified atom stereocenters. The standard InChI is InChI=1S/C18H25FN2O4S.ClH/c1-26(23,24)18(8-10-20-11-9-18)17(22)21-12-6-16(7-13-21)25-15-4-2-14(19)3-5-15;/h2-5,16,20H,6-13H2,1H3;1H. The molecule has 0 aliphatic carbocycles. The Bertz CT molecular complexity index is 743. The lowest BCUT2D eigenvalue weighted by molar-refractivity contribution is -0.136. The highest BCUT2D eigenvalue weighted by molar-refractivity contribution is 7.92. The molecule has 0 atom stereocenters. The van der Waals surface area contributed by atoms with E-state index in [0.717, 1.165) is 0 Å². The molecule has 9 heteroatoms. The molecule has 3 rings (SSSR count). The number of nitrogens with zero attached hydrogens (tertiary/aromatic N) is 1. The van der Waals surface area contributed by atoms with Gasteiger partial charge in [0.05, 0.1) is 0 Å². The third-order valence-electron chi connectivity index (χ3n) is 5.36. The summed E-state index contributed by atoms with van der Waals surface area (Å²) in [5, 5.41) is 3.13. The SMILES string of the molecule is CS(=O)(=O)C1(C(=O)N2CCC(Oc3ccc(F)cc3)CC2)CCNCC1.Cl. The molecule has 0 bridgehead atoms. The molecule has 1 aromatic rings. The van der Waals surface area contributed by atoms with Gasteiger partial charge in [-0.05, 0) is 50.2 Å². The van der Waals surface area contributed by atoms with E-state index >= 15 is 0 Å². The number of amides is 1. The number of likely N-dealkylation sites (tertiary alicyclic amines) is 1. The number of halogens is 2. The Morgan fingerprint density at radius 3 is 2.26 bits per heavy atom. The lowest BCUT2D eigenvalue weighted by Gasteiger charge is -2.41. The molecule has 27 heavy (non-hydrogen) atoms. The van der Waals surface area contributed by atoms with Crippen molar-refractivity contribution in [2.24, 2.45) is 0 Å². The maximum atomic E-state index is 13.1. The number of rotatable bonds is 4. The summed E-state index contributed by atoms with van der Waals surface area (Å²) < 4.78 is 42.3. The second-order valence-electron chi connectivity index (χ2n) is 7.08. The fourth-order valence-corrected chi connectivity index (χ4v) is 5.14. The minimum atomic E-state index is -3.50. The van der Waals surface area contributed by atoms with Crippen LogP contribution >= 0.6 is 12.4 Å². The van der Waals surface area contributed by atoms with Crippen molar-refractivity contribution in [1.82, 2.24) is 10.2 Å². The van der Waals surface area contributed by atoms with Crippen molar-refractivity contribution in [2.75, 3.05) is 32.4 Å². The van der Waals surface area contributed by atoms with Gasteiger partial charge in [-0.3, -0.25) is 4.79 Å². The fourth-order valence-electron chi connectivity index (χ4n) is 3.74. The molecule has 0 radical (unpaired) electrons. The number of carbonyl (C=O) groups is 1. The minimum Gasteiger partial charge on any atom is -0.490 e. The van der Waals surface area contributed by atoms with E-state index < -0.39 is 14.6 Å². The Morgan fingerprint density at radius 1 is 1.19 bits per heavy atom. The average molecular weight is 421 g/mol. The second-order valence-corrected chi connectivity index (χ2v) is 9.41. The minimum absolute atomic E-state index is 0. The zero-order valence-electron chi connectivity index (χ0n) is 15.3. The number of ether oxygens (including phenoxy) is 1. The molecular weight excluding hydrogens is 395 g/mol. The summed E-state index contributed by atoms with van der Waals surface area (Å²) in [5.74, 6) is 0.00896. The van der Waals surface area contributed by atoms with Gasteiger partial charge in [0.2, 0.25) is 5.91 Å². The second kappa shape index (κ2) is 8.75. The largest absolute Gasteiger partial charge is 0.490 e. The summed E-state index contributed by atoms with van der Waals surface area (Å²) in [4.78, 5) is 14.7. The van der Waals surface area contributed by atoms with E-state index in [2.05, 4.69) is 5.32 Å². The quantitative estimate of drug-likeness (QED) is 0.803. The molecule has 0 saturated carbocycles. The van der Waals surface area contributed by atoms with Gasteiger partial charge in [-0.2, -0.15) is 0 Å². The highest BCUT2D eigenvalue weighted by Crippen LogP contribution is 2.31. The first-order valence-corrected chi connectivity index (χ1v) is 10.8. The van der Waals surface area contributed by atoms with Crippen molar-refractivity contribution in [1.29, 1.82) is 0 Å². The zero-order chi connectivity index (χ0) is 18.8. The highest BCUT2D eigenvalue weighted by atomic mass is 35.5. The van der Waals surface area contributed by atoms with Gasteiger partial charge in [0.1, 0.15) is 17.7 Å². The normalized spacial score (nSPS) is 20.6. The number of carbonyl (C=O) groups excluding carboxylic acids is 1. The first-order chi connectivity index (χ1) is 12.3. The molecule has 0 spiro atoms. The van der Waals surface area contributed by atoms with Gasteiger partial charge in [0.15, 0.2) is 14.6 Å². The van der Waals surface area contributed by atoms with E-state index in [4.69, 9.17) is 4.74 Å². The molecule has 2 aliphatic rings. The third kappa shape index (κ3) is 4.73. The van der Waals surface area contributed by atoms with Crippen molar-refractivity contribution >= 4 is 28.2 Å². The molecule has 1 N–H and O–H groups in total. The molecule has 0 aromatic heterocycles. The van der Waals surface area contributed by atoms with Crippen LogP contribution in [0, 0.1) is 5.82 Å². The van der Waals surface area contributed by atoms with Crippen LogP contribution < -0.4 is 10.1 Å². The molecule has 1 amide bonds. The smallest absolute Gasteiger partial charge is 0.244 e. The Balaban J connectivity index is 0.00000261. The maximum absolute atomic E-state index is 13.1. The topological polar surface area (TPSA) is 75.7 Å². The summed E-state index contributed by atoms with van der Waals surface area (Å²) in [6, 6.07) is 5.86. The molecule has 2 fully saturated rings. The number of benzene rings is 1. The molecular formula is C18H26ClFN2O4S. The van der Waals surface area contributed by atoms with E-state index in [-0.39, 0.29) is 30.2 Å². The van der Waals surface area contributed by atoms with Crippen LogP contribution in [-0.2, 0) is 14.6 Å². The summed E-state index contributed by atoms with van der Waals surface area (Å²) in [6.07, 6.45) is 2.99. The summed E-state index contributed by atoms with van der Waals surface area (Å²) in [6.45, 7) is 2.00. The number of hydrogen-bond donors (Lipinski definition) is 1. The van der Waals surface area contributed by atoms with Gasteiger partial charge in [-0.25, -0.2) is 12.8 Å². The Kier molecular flexibility index (Phi) is 7.10. The average Bonchev–Trinajstić information content (AvgIpc) is 2.63. The van der Waals surface area contributed by atoms with Crippen LogP contribution in [0.3, 0.4) is 0 Å².